The van der Waals surface area contributed by atoms with Gasteiger partial charge in [-0.3, -0.25) is 4.79 Å². The molecule has 4 rings (SSSR count). The van der Waals surface area contributed by atoms with Crippen molar-refractivity contribution in [3.63, 3.8) is 0 Å². The Morgan fingerprint density at radius 2 is 1.84 bits per heavy atom. The van der Waals surface area contributed by atoms with Crippen LogP contribution in [0.5, 0.6) is 5.75 Å². The number of anilines is 1. The molecule has 2 aliphatic heterocycles. The number of methoxy groups -OCH3 is 1. The third-order valence-corrected chi connectivity index (χ3v) is 6.28. The molecule has 2 aromatic rings. The minimum Gasteiger partial charge on any atom is -0.497 e. The second kappa shape index (κ2) is 8.59. The highest BCUT2D eigenvalue weighted by atomic mass is 16.5. The molecule has 0 aliphatic carbocycles. The Kier molecular flexibility index (Phi) is 5.87. The SMILES string of the molecule is COc1cccc([C@]2(C)NC(=O)N(C[NH+](C)Cc3ccccc3N3CCCC3)C2=O)c1. The summed E-state index contributed by atoms with van der Waals surface area (Å²) in [6.07, 6.45) is 2.45. The molecule has 2 aromatic carbocycles. The third kappa shape index (κ3) is 4.10. The van der Waals surface area contributed by atoms with Gasteiger partial charge in [0, 0.05) is 24.3 Å². The number of quaternary nitrogens is 1. The Labute approximate surface area is 183 Å². The van der Waals surface area contributed by atoms with Gasteiger partial charge in [-0.25, -0.2) is 9.69 Å². The number of benzene rings is 2. The maximum Gasteiger partial charge on any atom is 0.329 e. The summed E-state index contributed by atoms with van der Waals surface area (Å²) in [6.45, 7) is 4.96. The molecule has 2 fully saturated rings. The van der Waals surface area contributed by atoms with E-state index in [2.05, 4.69) is 34.5 Å². The summed E-state index contributed by atoms with van der Waals surface area (Å²) in [6, 6.07) is 15.4. The van der Waals surface area contributed by atoms with Gasteiger partial charge >= 0.3 is 6.03 Å². The van der Waals surface area contributed by atoms with Crippen LogP contribution in [-0.4, -0.2) is 50.8 Å². The molecular weight excluding hydrogens is 392 g/mol. The molecule has 1 unspecified atom stereocenters. The van der Waals surface area contributed by atoms with E-state index in [1.807, 2.05) is 25.2 Å². The Morgan fingerprint density at radius 1 is 1.10 bits per heavy atom. The quantitative estimate of drug-likeness (QED) is 0.666. The van der Waals surface area contributed by atoms with E-state index in [1.165, 1.54) is 29.0 Å². The molecule has 0 radical (unpaired) electrons. The lowest BCUT2D eigenvalue weighted by atomic mass is 9.92. The van der Waals surface area contributed by atoms with Gasteiger partial charge in [-0.2, -0.15) is 0 Å². The Bertz CT molecular complexity index is 973. The molecule has 2 aliphatic rings. The normalized spacial score (nSPS) is 22.0. The van der Waals surface area contributed by atoms with Crippen LogP contribution in [0, 0.1) is 0 Å². The minimum absolute atomic E-state index is 0.238. The molecule has 2 atom stereocenters. The predicted octanol–water partition coefficient (Wildman–Crippen LogP) is 1.73. The Morgan fingerprint density at radius 3 is 2.58 bits per heavy atom. The van der Waals surface area contributed by atoms with E-state index in [0.717, 1.165) is 24.5 Å². The standard InChI is InChI=1S/C24H30N4O3/c1-24(19-10-8-11-20(15-19)31-3)22(29)28(23(30)25-24)17-26(2)16-18-9-4-5-12-21(18)27-13-6-7-14-27/h4-5,8-12,15H,6-7,13-14,16-17H2,1-3H3,(H,25,30)/p+1/t24-/m0/s1. The molecule has 3 amide bonds. The molecule has 2 N–H and O–H groups in total. The maximum absolute atomic E-state index is 13.3. The highest BCUT2D eigenvalue weighted by molar-refractivity contribution is 6.07. The molecule has 164 valence electrons. The highest BCUT2D eigenvalue weighted by Gasteiger charge is 2.50. The van der Waals surface area contributed by atoms with Crippen LogP contribution in [0.4, 0.5) is 10.5 Å². The number of rotatable bonds is 7. The lowest BCUT2D eigenvalue weighted by molar-refractivity contribution is -0.901. The predicted molar refractivity (Wildman–Crippen MR) is 119 cm³/mol. The van der Waals surface area contributed by atoms with E-state index in [1.54, 1.807) is 20.1 Å². The summed E-state index contributed by atoms with van der Waals surface area (Å²) in [4.78, 5) is 30.8. The number of urea groups is 1. The van der Waals surface area contributed by atoms with Crippen molar-refractivity contribution in [1.29, 1.82) is 0 Å². The van der Waals surface area contributed by atoms with Gasteiger partial charge in [0.25, 0.3) is 5.91 Å². The average Bonchev–Trinajstić information content (AvgIpc) is 3.38. The number of carbonyl (C=O) groups is 2. The van der Waals surface area contributed by atoms with Crippen LogP contribution in [0.1, 0.15) is 30.9 Å². The van der Waals surface area contributed by atoms with Gasteiger partial charge in [0.1, 0.15) is 17.8 Å². The fraction of sp³-hybridized carbons (Fsp3) is 0.417. The second-order valence-corrected chi connectivity index (χ2v) is 8.64. The smallest absolute Gasteiger partial charge is 0.329 e. The zero-order valence-corrected chi connectivity index (χ0v) is 18.5. The van der Waals surface area contributed by atoms with E-state index in [9.17, 15) is 9.59 Å². The van der Waals surface area contributed by atoms with Crippen molar-refractivity contribution in [2.24, 2.45) is 0 Å². The first kappa shape index (κ1) is 21.2. The van der Waals surface area contributed by atoms with E-state index >= 15 is 0 Å². The number of hydrogen-bond donors (Lipinski definition) is 2. The highest BCUT2D eigenvalue weighted by Crippen LogP contribution is 2.30. The molecular formula is C24H31N4O3+. The fourth-order valence-corrected chi connectivity index (χ4v) is 4.55. The van der Waals surface area contributed by atoms with Gasteiger partial charge in [0.05, 0.1) is 14.2 Å². The lowest BCUT2D eigenvalue weighted by Gasteiger charge is -2.25. The number of carbonyl (C=O) groups excluding carboxylic acids is 2. The molecule has 0 spiro atoms. The summed E-state index contributed by atoms with van der Waals surface area (Å²) >= 11 is 0. The van der Waals surface area contributed by atoms with Crippen molar-refractivity contribution in [3.8, 4) is 5.75 Å². The first-order valence-electron chi connectivity index (χ1n) is 10.8. The minimum atomic E-state index is -1.10. The molecule has 2 heterocycles. The summed E-state index contributed by atoms with van der Waals surface area (Å²) in [5, 5.41) is 2.88. The number of amides is 3. The van der Waals surface area contributed by atoms with Crippen LogP contribution in [-0.2, 0) is 16.9 Å². The first-order valence-corrected chi connectivity index (χ1v) is 10.8. The van der Waals surface area contributed by atoms with Crippen LogP contribution < -0.4 is 19.9 Å². The van der Waals surface area contributed by atoms with Crippen molar-refractivity contribution in [2.75, 3.05) is 38.8 Å². The van der Waals surface area contributed by atoms with Gasteiger partial charge in [0.15, 0.2) is 6.67 Å². The van der Waals surface area contributed by atoms with Crippen LogP contribution >= 0.6 is 0 Å². The first-order chi connectivity index (χ1) is 14.9. The van der Waals surface area contributed by atoms with Crippen LogP contribution in [0.2, 0.25) is 0 Å². The Balaban J connectivity index is 1.48. The van der Waals surface area contributed by atoms with E-state index in [-0.39, 0.29) is 11.9 Å². The monoisotopic (exact) mass is 423 g/mol. The van der Waals surface area contributed by atoms with Gasteiger partial charge in [-0.05, 0) is 43.5 Å². The molecule has 0 saturated carbocycles. The topological polar surface area (TPSA) is 66.3 Å². The summed E-state index contributed by atoms with van der Waals surface area (Å²) in [5.41, 5.74) is 2.12. The number of nitrogens with one attached hydrogen (secondary N) is 2. The van der Waals surface area contributed by atoms with Crippen molar-refractivity contribution in [1.82, 2.24) is 10.2 Å². The summed E-state index contributed by atoms with van der Waals surface area (Å²) in [7, 11) is 3.60. The van der Waals surface area contributed by atoms with Crippen LogP contribution in [0.25, 0.3) is 0 Å². The molecule has 2 saturated heterocycles. The fourth-order valence-electron chi connectivity index (χ4n) is 4.55. The van der Waals surface area contributed by atoms with Gasteiger partial charge in [-0.1, -0.05) is 30.3 Å². The van der Waals surface area contributed by atoms with Crippen LogP contribution in [0.15, 0.2) is 48.5 Å². The van der Waals surface area contributed by atoms with Gasteiger partial charge < -0.3 is 19.9 Å². The third-order valence-electron chi connectivity index (χ3n) is 6.28. The number of hydrogen-bond acceptors (Lipinski definition) is 4. The number of imide groups is 1. The second-order valence-electron chi connectivity index (χ2n) is 8.64. The molecule has 0 bridgehead atoms. The van der Waals surface area contributed by atoms with E-state index < -0.39 is 5.54 Å². The van der Waals surface area contributed by atoms with Gasteiger partial charge in [-0.15, -0.1) is 0 Å². The van der Waals surface area contributed by atoms with Crippen molar-refractivity contribution in [2.45, 2.75) is 31.8 Å². The largest absolute Gasteiger partial charge is 0.497 e. The molecule has 7 nitrogen and oxygen atoms in total. The zero-order valence-electron chi connectivity index (χ0n) is 18.5. The van der Waals surface area contributed by atoms with Crippen LogP contribution in [0.3, 0.4) is 0 Å². The van der Waals surface area contributed by atoms with Crippen molar-refractivity contribution in [3.05, 3.63) is 59.7 Å². The maximum atomic E-state index is 13.3. The summed E-state index contributed by atoms with van der Waals surface area (Å²) < 4.78 is 5.29. The number of nitrogens with zero attached hydrogens (tertiary/aromatic N) is 2. The van der Waals surface area contributed by atoms with E-state index in [4.69, 9.17) is 4.74 Å². The molecule has 31 heavy (non-hydrogen) atoms. The molecule has 7 heteroatoms. The van der Waals surface area contributed by atoms with Gasteiger partial charge in [0.2, 0.25) is 0 Å². The summed E-state index contributed by atoms with van der Waals surface area (Å²) in [5.74, 6) is 0.415. The molecule has 0 aromatic heterocycles. The van der Waals surface area contributed by atoms with Crippen molar-refractivity contribution >= 4 is 17.6 Å². The number of ether oxygens (including phenoxy) is 1. The van der Waals surface area contributed by atoms with Crippen molar-refractivity contribution < 1.29 is 19.2 Å². The zero-order chi connectivity index (χ0) is 22.0. The average molecular weight is 424 g/mol. The number of para-hydroxylation sites is 1. The van der Waals surface area contributed by atoms with E-state index in [0.29, 0.717) is 18.0 Å². The lowest BCUT2D eigenvalue weighted by Crippen LogP contribution is -3.09. The Hall–Kier alpha value is -3.06.